The fourth-order valence-electron chi connectivity index (χ4n) is 4.96. The summed E-state index contributed by atoms with van der Waals surface area (Å²) in [5.41, 5.74) is 4.40. The first kappa shape index (κ1) is 44.5. The summed E-state index contributed by atoms with van der Waals surface area (Å²) in [4.78, 5) is 24.0. The lowest BCUT2D eigenvalue weighted by molar-refractivity contribution is -0.138. The van der Waals surface area contributed by atoms with Crippen LogP contribution in [0.3, 0.4) is 0 Å². The zero-order chi connectivity index (χ0) is 44.0. The van der Waals surface area contributed by atoms with E-state index in [1.807, 2.05) is 12.1 Å². The number of rotatable bonds is 11. The van der Waals surface area contributed by atoms with Crippen molar-refractivity contribution in [3.63, 3.8) is 0 Å². The van der Waals surface area contributed by atoms with Crippen LogP contribution in [0.1, 0.15) is 30.5 Å². The van der Waals surface area contributed by atoms with Crippen LogP contribution in [0.2, 0.25) is 0 Å². The van der Waals surface area contributed by atoms with E-state index in [2.05, 4.69) is 40.9 Å². The molecule has 0 aliphatic heterocycles. The summed E-state index contributed by atoms with van der Waals surface area (Å²) < 4.78 is 75.4. The van der Waals surface area contributed by atoms with Gasteiger partial charge in [-0.25, -0.2) is 0 Å². The zero-order valence-corrected chi connectivity index (χ0v) is 32.7. The van der Waals surface area contributed by atoms with E-state index in [9.17, 15) is 35.9 Å². The van der Waals surface area contributed by atoms with Gasteiger partial charge in [0.1, 0.15) is 5.78 Å². The number of halogens is 6. The maximum atomic E-state index is 12.6. The number of carbonyl (C=O) groups is 2. The molecule has 0 aliphatic rings. The van der Waals surface area contributed by atoms with Crippen molar-refractivity contribution in [3.8, 4) is 0 Å². The molecule has 0 heterocycles. The van der Waals surface area contributed by atoms with Gasteiger partial charge in [0.2, 0.25) is 5.91 Å². The summed E-state index contributed by atoms with van der Waals surface area (Å²) in [6.45, 7) is 3.03. The number of hydrogen-bond donors (Lipinski definition) is 0. The predicted octanol–water partition coefficient (Wildman–Crippen LogP) is 15.2. The summed E-state index contributed by atoms with van der Waals surface area (Å²) in [6.07, 6.45) is -8.37. The topological polar surface area (TPSA) is 136 Å². The Kier molecular flexibility index (Phi) is 14.9. The number of hydrogen-bond acceptors (Lipinski definition) is 10. The summed E-state index contributed by atoms with van der Waals surface area (Å²) in [6, 6.07) is 36.7. The molecule has 61 heavy (non-hydrogen) atoms. The lowest BCUT2D eigenvalue weighted by Crippen LogP contribution is -2.22. The van der Waals surface area contributed by atoms with E-state index in [-0.39, 0.29) is 11.7 Å². The third-order valence-corrected chi connectivity index (χ3v) is 8.31. The van der Waals surface area contributed by atoms with E-state index in [1.165, 1.54) is 36.1 Å². The normalized spacial score (nSPS) is 12.0. The van der Waals surface area contributed by atoms with Crippen LogP contribution in [-0.4, -0.2) is 18.7 Å². The molecular formula is C44H35F6N9O2. The Morgan fingerprint density at radius 2 is 0.639 bits per heavy atom. The van der Waals surface area contributed by atoms with E-state index < -0.39 is 23.5 Å². The van der Waals surface area contributed by atoms with Gasteiger partial charge in [-0.2, -0.15) is 67.3 Å². The highest BCUT2D eigenvalue weighted by Gasteiger charge is 2.30. The molecule has 6 rings (SSSR count). The van der Waals surface area contributed by atoms with E-state index in [0.29, 0.717) is 51.9 Å². The molecule has 1 amide bonds. The van der Waals surface area contributed by atoms with Gasteiger partial charge >= 0.3 is 12.4 Å². The molecule has 0 aliphatic carbocycles. The van der Waals surface area contributed by atoms with Crippen molar-refractivity contribution in [1.29, 1.82) is 0 Å². The third kappa shape index (κ3) is 14.3. The quantitative estimate of drug-likeness (QED) is 0.0948. The van der Waals surface area contributed by atoms with Crippen molar-refractivity contribution in [2.75, 3.05) is 11.9 Å². The highest BCUT2D eigenvalue weighted by atomic mass is 19.4. The Morgan fingerprint density at radius 3 is 0.869 bits per heavy atom. The second-order valence-electron chi connectivity index (χ2n) is 13.1. The van der Waals surface area contributed by atoms with Crippen LogP contribution >= 0.6 is 0 Å². The third-order valence-electron chi connectivity index (χ3n) is 8.31. The molecule has 0 atom stereocenters. The van der Waals surface area contributed by atoms with Gasteiger partial charge in [-0.05, 0) is 146 Å². The maximum Gasteiger partial charge on any atom is 0.416 e. The van der Waals surface area contributed by atoms with Crippen LogP contribution in [0.4, 0.5) is 77.5 Å². The smallest absolute Gasteiger partial charge is 0.316 e. The van der Waals surface area contributed by atoms with Gasteiger partial charge in [-0.15, -0.1) is 0 Å². The van der Waals surface area contributed by atoms with Crippen molar-refractivity contribution in [3.05, 3.63) is 162 Å². The zero-order valence-electron chi connectivity index (χ0n) is 32.7. The second kappa shape index (κ2) is 20.4. The maximum absolute atomic E-state index is 12.6. The molecule has 0 saturated carbocycles. The molecule has 0 aromatic heterocycles. The molecule has 0 saturated heterocycles. The number of azo groups is 4. The van der Waals surface area contributed by atoms with Gasteiger partial charge in [-0.3, -0.25) is 9.59 Å². The van der Waals surface area contributed by atoms with Gasteiger partial charge < -0.3 is 4.90 Å². The number of carbonyl (C=O) groups excluding carboxylic acids is 2. The largest absolute Gasteiger partial charge is 0.416 e. The molecule has 6 aromatic carbocycles. The van der Waals surface area contributed by atoms with Crippen LogP contribution in [0.25, 0.3) is 0 Å². The van der Waals surface area contributed by atoms with E-state index in [1.54, 1.807) is 98.9 Å². The Morgan fingerprint density at radius 1 is 0.410 bits per heavy atom. The average molecular weight is 836 g/mol. The predicted molar refractivity (Wildman–Crippen MR) is 219 cm³/mol. The van der Waals surface area contributed by atoms with E-state index >= 15 is 0 Å². The summed E-state index contributed by atoms with van der Waals surface area (Å²) >= 11 is 0. The van der Waals surface area contributed by atoms with Gasteiger partial charge in [0.05, 0.1) is 56.6 Å². The first-order valence-electron chi connectivity index (χ1n) is 18.2. The average Bonchev–Trinajstić information content (AvgIpc) is 3.24. The van der Waals surface area contributed by atoms with Crippen LogP contribution in [0.15, 0.2) is 187 Å². The van der Waals surface area contributed by atoms with Crippen molar-refractivity contribution < 1.29 is 35.9 Å². The number of ketones is 1. The molecule has 6 aromatic rings. The van der Waals surface area contributed by atoms with Gasteiger partial charge in [-0.1, -0.05) is 12.1 Å². The van der Waals surface area contributed by atoms with Crippen LogP contribution in [-0.2, 0) is 28.4 Å². The minimum absolute atomic E-state index is 0.0649. The number of benzene rings is 6. The molecule has 310 valence electrons. The number of alkyl halides is 6. The first-order chi connectivity index (χ1) is 29.0. The van der Waals surface area contributed by atoms with E-state index in [4.69, 9.17) is 0 Å². The van der Waals surface area contributed by atoms with Gasteiger partial charge in [0, 0.05) is 26.1 Å². The molecule has 0 fully saturated rings. The number of amides is 1. The summed E-state index contributed by atoms with van der Waals surface area (Å²) in [5, 5.41) is 32.4. The highest BCUT2D eigenvalue weighted by molar-refractivity contribution is 5.91. The minimum Gasteiger partial charge on any atom is -0.316 e. The molecular weight excluding hydrogens is 801 g/mol. The Labute approximate surface area is 346 Å². The Bertz CT molecular complexity index is 2500. The molecule has 17 heteroatoms. The van der Waals surface area contributed by atoms with Crippen molar-refractivity contribution in [1.82, 2.24) is 0 Å². The number of nitrogens with zero attached hydrogens (tertiary/aromatic N) is 9. The molecule has 0 N–H and O–H groups in total. The van der Waals surface area contributed by atoms with Crippen LogP contribution < -0.4 is 4.90 Å². The lowest BCUT2D eigenvalue weighted by atomic mass is 10.1. The lowest BCUT2D eigenvalue weighted by Gasteiger charge is -2.14. The molecule has 11 nitrogen and oxygen atoms in total. The number of anilines is 1. The summed E-state index contributed by atoms with van der Waals surface area (Å²) in [5.74, 6) is 0.0323. The molecule has 0 unspecified atom stereocenters. The Balaban J connectivity index is 0.000000231. The van der Waals surface area contributed by atoms with Crippen LogP contribution in [0, 0.1) is 0 Å². The van der Waals surface area contributed by atoms with E-state index in [0.717, 1.165) is 35.5 Å². The Hall–Kier alpha value is -7.56. The SMILES string of the molecule is CC(=O)Cc1ccc(N=Nc2ccc(N=Nc3ccc(C(F)(F)F)cc3)cc2)cc1.CC(=O)N(C)c1ccc(N=Nc2ccc(N=Nc3ccc(C(F)(F)F)cc3)cc2)cc1. The fourth-order valence-corrected chi connectivity index (χ4v) is 4.96. The standard InChI is InChI=1S/C22H18F3N5O.C22H17F3N4O/c1-15(31)30(2)21-13-11-20(12-14-21)29-28-19-9-7-18(8-10-19)27-26-17-5-3-16(4-6-17)22(23,24)25;1-15(30)14-16-2-6-18(7-3-16)26-28-20-10-12-21(13-11-20)29-27-19-8-4-17(5-9-19)22(23,24)25/h3-14H,1-2H3;2-13H,14H2,1H3. The van der Waals surface area contributed by atoms with Crippen molar-refractivity contribution in [2.45, 2.75) is 32.6 Å². The highest BCUT2D eigenvalue weighted by Crippen LogP contribution is 2.33. The number of Topliss-reactive ketones (excluding diaryl/α,β-unsaturated/α-hetero) is 1. The summed E-state index contributed by atoms with van der Waals surface area (Å²) in [7, 11) is 1.69. The van der Waals surface area contributed by atoms with Gasteiger partial charge in [0.15, 0.2) is 0 Å². The van der Waals surface area contributed by atoms with Crippen molar-refractivity contribution in [2.24, 2.45) is 40.9 Å². The van der Waals surface area contributed by atoms with Crippen molar-refractivity contribution >= 4 is 62.9 Å². The first-order valence-corrected chi connectivity index (χ1v) is 18.2. The monoisotopic (exact) mass is 835 g/mol. The molecule has 0 spiro atoms. The fraction of sp³-hybridized carbons (Fsp3) is 0.136. The minimum atomic E-state index is -4.38. The molecule has 0 radical (unpaired) electrons. The van der Waals surface area contributed by atoms with Crippen LogP contribution in [0.5, 0.6) is 0 Å². The molecule has 0 bridgehead atoms. The second-order valence-corrected chi connectivity index (χ2v) is 13.1. The van der Waals surface area contributed by atoms with Gasteiger partial charge in [0.25, 0.3) is 0 Å².